The van der Waals surface area contributed by atoms with E-state index >= 15 is 0 Å². The van der Waals surface area contributed by atoms with E-state index in [-0.39, 0.29) is 0 Å². The Labute approximate surface area is 522 Å². The predicted molar refractivity (Wildman–Crippen MR) is 342 cm³/mol. The number of hydrogen-bond acceptors (Lipinski definition) is 16. The van der Waals surface area contributed by atoms with Crippen molar-refractivity contribution in [1.29, 1.82) is 0 Å². The van der Waals surface area contributed by atoms with Gasteiger partial charge in [0.15, 0.2) is 0 Å². The van der Waals surface area contributed by atoms with Crippen LogP contribution >= 0.6 is 0 Å². The summed E-state index contributed by atoms with van der Waals surface area (Å²) in [6.45, 7) is 13.8. The van der Waals surface area contributed by atoms with Gasteiger partial charge in [0.1, 0.15) is 47.7 Å². The summed E-state index contributed by atoms with van der Waals surface area (Å²) in [4.78, 5) is 25.7. The Kier molecular flexibility index (Phi) is 36.2. The first-order valence-corrected chi connectivity index (χ1v) is 31.7. The number of rotatable bonds is 51. The quantitative estimate of drug-likeness (QED) is 0.0201. The zero-order valence-corrected chi connectivity index (χ0v) is 52.0. The summed E-state index contributed by atoms with van der Waals surface area (Å²) in [6.07, 6.45) is 14.8. The zero-order chi connectivity index (χ0) is 61.6. The molecule has 0 atom stereocenters. The van der Waals surface area contributed by atoms with E-state index in [1.807, 2.05) is 72.8 Å². The molecule has 88 heavy (non-hydrogen) atoms. The smallest absolute Gasteiger partial charge is 0.343 e. The summed E-state index contributed by atoms with van der Waals surface area (Å²) in [5, 5.41) is 0. The van der Waals surface area contributed by atoms with Gasteiger partial charge in [0.05, 0.1) is 130 Å². The SMILES string of the molecule is CCCCCCCCOc1ccc(-c2ccc(C(=O)Oc3ccc(OCCOCCOCCOCCOCCOCCOCCOCCOCCOc4ccc(OC(=O)c5ccc(-c6ccc(OCCCCCCCC)cc6)cc5)cc4)cc3)cc2)cc1. The standard InChI is InChI=1S/C72H94O16/c1-3-5-7-9-11-13-39-83-65-27-23-61(24-28-65)59-15-19-63(20-16-59)71(73)87-69-35-31-67(32-36-69)85-57-55-81-53-51-79-49-47-77-45-43-75-41-42-76-44-46-78-48-50-80-52-54-82-56-58-86-68-33-37-70(38-34-68)88-72(74)64-21-17-60(18-22-64)62-25-29-66(30-26-62)84-40-14-12-10-8-6-4-2/h15-38H,3-14,39-58H2,1-2H3. The van der Waals surface area contributed by atoms with Crippen molar-refractivity contribution in [3.8, 4) is 56.8 Å². The molecule has 16 nitrogen and oxygen atoms in total. The molecule has 6 aromatic rings. The van der Waals surface area contributed by atoms with Crippen LogP contribution in [-0.2, 0) is 37.9 Å². The Bertz CT molecular complexity index is 2510. The van der Waals surface area contributed by atoms with Gasteiger partial charge in [-0.3, -0.25) is 0 Å². The topological polar surface area (TPSA) is 163 Å². The van der Waals surface area contributed by atoms with E-state index < -0.39 is 11.9 Å². The molecular weight excluding hydrogens is 1120 g/mol. The van der Waals surface area contributed by atoms with Crippen LogP contribution in [0.4, 0.5) is 0 Å². The molecule has 0 aliphatic carbocycles. The van der Waals surface area contributed by atoms with Crippen molar-refractivity contribution < 1.29 is 75.9 Å². The van der Waals surface area contributed by atoms with Crippen LogP contribution in [-0.4, -0.2) is 144 Å². The third-order valence-electron chi connectivity index (χ3n) is 13.8. The Morgan fingerprint density at radius 3 is 0.705 bits per heavy atom. The molecule has 0 aromatic heterocycles. The first-order valence-electron chi connectivity index (χ1n) is 31.7. The highest BCUT2D eigenvalue weighted by Crippen LogP contribution is 2.27. The summed E-state index contributed by atoms with van der Waals surface area (Å²) >= 11 is 0. The van der Waals surface area contributed by atoms with E-state index in [0.29, 0.717) is 153 Å². The van der Waals surface area contributed by atoms with E-state index in [0.717, 1.165) is 59.8 Å². The van der Waals surface area contributed by atoms with Crippen molar-refractivity contribution in [2.45, 2.75) is 90.9 Å². The Morgan fingerprint density at radius 2 is 0.432 bits per heavy atom. The number of hydrogen-bond donors (Lipinski definition) is 0. The zero-order valence-electron chi connectivity index (χ0n) is 52.0. The second kappa shape index (κ2) is 45.4. The van der Waals surface area contributed by atoms with Gasteiger partial charge in [-0.1, -0.05) is 127 Å². The maximum absolute atomic E-state index is 12.8. The second-order valence-corrected chi connectivity index (χ2v) is 20.8. The summed E-state index contributed by atoms with van der Waals surface area (Å²) in [6, 6.07) is 44.7. The van der Waals surface area contributed by atoms with Gasteiger partial charge < -0.3 is 66.3 Å². The Balaban J connectivity index is 0.641. The van der Waals surface area contributed by atoms with Gasteiger partial charge in [0.25, 0.3) is 0 Å². The molecule has 478 valence electrons. The molecule has 0 amide bonds. The molecule has 6 rings (SSSR count). The van der Waals surface area contributed by atoms with Crippen LogP contribution in [0.15, 0.2) is 146 Å². The van der Waals surface area contributed by atoms with Crippen molar-refractivity contribution in [3.05, 3.63) is 157 Å². The summed E-state index contributed by atoms with van der Waals surface area (Å²) in [7, 11) is 0. The Hall–Kier alpha value is -6.86. The van der Waals surface area contributed by atoms with Gasteiger partial charge >= 0.3 is 11.9 Å². The molecule has 0 spiro atoms. The number of carbonyl (C=O) groups excluding carboxylic acids is 2. The monoisotopic (exact) mass is 1210 g/mol. The first-order chi connectivity index (χ1) is 43.5. The van der Waals surface area contributed by atoms with Crippen LogP contribution in [0.3, 0.4) is 0 Å². The molecule has 0 aliphatic heterocycles. The van der Waals surface area contributed by atoms with Crippen LogP contribution in [0.2, 0.25) is 0 Å². The fraction of sp³-hybridized carbons (Fsp3) is 0.472. The van der Waals surface area contributed by atoms with Gasteiger partial charge in [-0.05, 0) is 132 Å². The van der Waals surface area contributed by atoms with Crippen molar-refractivity contribution >= 4 is 11.9 Å². The lowest BCUT2D eigenvalue weighted by molar-refractivity contribution is -0.0241. The number of carbonyl (C=O) groups is 2. The molecule has 0 saturated heterocycles. The van der Waals surface area contributed by atoms with Crippen molar-refractivity contribution in [3.63, 3.8) is 0 Å². The summed E-state index contributed by atoms with van der Waals surface area (Å²) < 4.78 is 79.2. The van der Waals surface area contributed by atoms with E-state index in [2.05, 4.69) is 13.8 Å². The maximum atomic E-state index is 12.8. The minimum absolute atomic E-state index is 0.366. The Morgan fingerprint density at radius 1 is 0.227 bits per heavy atom. The van der Waals surface area contributed by atoms with Crippen molar-refractivity contribution in [2.75, 3.05) is 132 Å². The molecule has 0 radical (unpaired) electrons. The molecule has 0 saturated carbocycles. The van der Waals surface area contributed by atoms with Crippen LogP contribution in [0.1, 0.15) is 112 Å². The van der Waals surface area contributed by atoms with Gasteiger partial charge in [-0.25, -0.2) is 9.59 Å². The molecule has 0 heterocycles. The highest BCUT2D eigenvalue weighted by molar-refractivity contribution is 5.92. The molecule has 0 bridgehead atoms. The summed E-state index contributed by atoms with van der Waals surface area (Å²) in [5.74, 6) is 3.02. The minimum atomic E-state index is -0.432. The molecule has 0 fully saturated rings. The normalized spacial score (nSPS) is 11.2. The van der Waals surface area contributed by atoms with Crippen LogP contribution < -0.4 is 28.4 Å². The summed E-state index contributed by atoms with van der Waals surface area (Å²) in [5.41, 5.74) is 5.04. The third-order valence-corrected chi connectivity index (χ3v) is 13.8. The predicted octanol–water partition coefficient (Wildman–Crippen LogP) is 14.5. The lowest BCUT2D eigenvalue weighted by Gasteiger charge is -2.10. The number of ether oxygens (including phenoxy) is 14. The van der Waals surface area contributed by atoms with E-state index in [1.54, 1.807) is 72.8 Å². The largest absolute Gasteiger partial charge is 0.494 e. The fourth-order valence-corrected chi connectivity index (χ4v) is 8.85. The van der Waals surface area contributed by atoms with Crippen LogP contribution in [0.5, 0.6) is 34.5 Å². The second-order valence-electron chi connectivity index (χ2n) is 20.8. The molecular formula is C72H94O16. The molecule has 16 heteroatoms. The highest BCUT2D eigenvalue weighted by Gasteiger charge is 2.12. The van der Waals surface area contributed by atoms with Gasteiger partial charge in [-0.2, -0.15) is 0 Å². The molecule has 6 aromatic carbocycles. The lowest BCUT2D eigenvalue weighted by atomic mass is 10.0. The van der Waals surface area contributed by atoms with E-state index in [1.165, 1.54) is 64.2 Å². The van der Waals surface area contributed by atoms with Gasteiger partial charge in [0.2, 0.25) is 0 Å². The lowest BCUT2D eigenvalue weighted by Crippen LogP contribution is -2.15. The number of unbranched alkanes of at least 4 members (excludes halogenated alkanes) is 10. The average molecular weight is 1220 g/mol. The van der Waals surface area contributed by atoms with Crippen molar-refractivity contribution in [2.24, 2.45) is 0 Å². The minimum Gasteiger partial charge on any atom is -0.494 e. The van der Waals surface area contributed by atoms with Crippen LogP contribution in [0.25, 0.3) is 22.3 Å². The number of benzene rings is 6. The fourth-order valence-electron chi connectivity index (χ4n) is 8.85. The van der Waals surface area contributed by atoms with Gasteiger partial charge in [-0.15, -0.1) is 0 Å². The molecule has 0 aliphatic rings. The third kappa shape index (κ3) is 30.4. The average Bonchev–Trinajstić information content (AvgIpc) is 3.71. The number of esters is 2. The maximum Gasteiger partial charge on any atom is 0.343 e. The van der Waals surface area contributed by atoms with Crippen LogP contribution in [0, 0.1) is 0 Å². The van der Waals surface area contributed by atoms with E-state index in [4.69, 9.17) is 66.3 Å². The van der Waals surface area contributed by atoms with Crippen molar-refractivity contribution in [1.82, 2.24) is 0 Å². The van der Waals surface area contributed by atoms with E-state index in [9.17, 15) is 9.59 Å². The highest BCUT2D eigenvalue weighted by atomic mass is 16.6. The molecule has 0 N–H and O–H groups in total. The first kappa shape index (κ1) is 70.2. The molecule has 0 unspecified atom stereocenters. The van der Waals surface area contributed by atoms with Gasteiger partial charge in [0, 0.05) is 0 Å².